The molecule has 0 aliphatic carbocycles. The van der Waals surface area contributed by atoms with Gasteiger partial charge in [-0.2, -0.15) is 11.8 Å². The first-order chi connectivity index (χ1) is 5.68. The molecule has 1 atom stereocenters. The van der Waals surface area contributed by atoms with Crippen molar-refractivity contribution >= 4 is 11.8 Å². The molecule has 1 unspecified atom stereocenters. The number of hydrogen-bond donors (Lipinski definition) is 2. The first-order valence-corrected chi connectivity index (χ1v) is 5.80. The summed E-state index contributed by atoms with van der Waals surface area (Å²) in [5, 5.41) is 12.6. The molecule has 0 heterocycles. The monoisotopic (exact) mass is 191 g/mol. The fourth-order valence-electron chi connectivity index (χ4n) is 0.774. The van der Waals surface area contributed by atoms with E-state index in [1.54, 1.807) is 0 Å². The second-order valence-corrected chi connectivity index (χ2v) is 4.61. The van der Waals surface area contributed by atoms with E-state index in [-0.39, 0.29) is 6.10 Å². The van der Waals surface area contributed by atoms with Gasteiger partial charge in [0.15, 0.2) is 0 Å². The van der Waals surface area contributed by atoms with Crippen LogP contribution in [0.2, 0.25) is 0 Å². The molecule has 0 spiro atoms. The number of aliphatic hydroxyl groups excluding tert-OH is 1. The molecule has 0 saturated carbocycles. The van der Waals surface area contributed by atoms with E-state index < -0.39 is 0 Å². The molecule has 3 heteroatoms. The molecule has 0 aliphatic rings. The first-order valence-electron chi connectivity index (χ1n) is 4.65. The van der Waals surface area contributed by atoms with Crippen molar-refractivity contribution in [1.29, 1.82) is 0 Å². The van der Waals surface area contributed by atoms with E-state index >= 15 is 0 Å². The van der Waals surface area contributed by atoms with Gasteiger partial charge in [0.2, 0.25) is 0 Å². The van der Waals surface area contributed by atoms with Crippen LogP contribution in [-0.4, -0.2) is 35.8 Å². The van der Waals surface area contributed by atoms with Crippen molar-refractivity contribution < 1.29 is 5.11 Å². The average Bonchev–Trinajstić information content (AvgIpc) is 2.03. The molecule has 0 bridgehead atoms. The summed E-state index contributed by atoms with van der Waals surface area (Å²) in [5.41, 5.74) is 0. The normalized spacial score (nSPS) is 13.8. The van der Waals surface area contributed by atoms with Gasteiger partial charge in [-0.3, -0.25) is 0 Å². The van der Waals surface area contributed by atoms with Crippen LogP contribution in [0.4, 0.5) is 0 Å². The maximum absolute atomic E-state index is 9.41. The lowest BCUT2D eigenvalue weighted by Crippen LogP contribution is -2.31. The summed E-state index contributed by atoms with van der Waals surface area (Å²) in [5.74, 6) is 2.67. The zero-order valence-corrected chi connectivity index (χ0v) is 9.16. The molecular formula is C9H21NOS. The Bertz CT molecular complexity index is 98.5. The van der Waals surface area contributed by atoms with Crippen LogP contribution < -0.4 is 5.32 Å². The number of thioether (sulfide) groups is 1. The van der Waals surface area contributed by atoms with Crippen molar-refractivity contribution in [3.63, 3.8) is 0 Å². The molecule has 0 aromatic rings. The predicted octanol–water partition coefficient (Wildman–Crippen LogP) is 1.35. The van der Waals surface area contributed by atoms with E-state index in [1.807, 2.05) is 25.6 Å². The summed E-state index contributed by atoms with van der Waals surface area (Å²) in [6.07, 6.45) is -0.198. The Morgan fingerprint density at radius 3 is 2.58 bits per heavy atom. The minimum absolute atomic E-state index is 0.198. The molecule has 0 aromatic carbocycles. The summed E-state index contributed by atoms with van der Waals surface area (Å²) < 4.78 is 0. The highest BCUT2D eigenvalue weighted by Gasteiger charge is 2.06. The highest BCUT2D eigenvalue weighted by Crippen LogP contribution is 1.99. The van der Waals surface area contributed by atoms with Crippen molar-refractivity contribution in [2.75, 3.05) is 24.6 Å². The SMILES string of the molecule is CCSCCNCC(O)C(C)C. The van der Waals surface area contributed by atoms with E-state index in [9.17, 15) is 5.11 Å². The van der Waals surface area contributed by atoms with Gasteiger partial charge in [0.25, 0.3) is 0 Å². The summed E-state index contributed by atoms with van der Waals surface area (Å²) in [4.78, 5) is 0. The van der Waals surface area contributed by atoms with Crippen LogP contribution in [-0.2, 0) is 0 Å². The second kappa shape index (κ2) is 7.90. The van der Waals surface area contributed by atoms with Crippen molar-refractivity contribution in [3.8, 4) is 0 Å². The fraction of sp³-hybridized carbons (Fsp3) is 1.00. The van der Waals surface area contributed by atoms with Gasteiger partial charge in [-0.15, -0.1) is 0 Å². The van der Waals surface area contributed by atoms with Crippen LogP contribution in [0.1, 0.15) is 20.8 Å². The summed E-state index contributed by atoms with van der Waals surface area (Å²) in [6, 6.07) is 0. The molecule has 2 N–H and O–H groups in total. The lowest BCUT2D eigenvalue weighted by molar-refractivity contribution is 0.124. The Balaban J connectivity index is 3.08. The minimum Gasteiger partial charge on any atom is -0.392 e. The Kier molecular flexibility index (Phi) is 8.07. The van der Waals surface area contributed by atoms with Gasteiger partial charge in [0, 0.05) is 18.8 Å². The molecule has 0 saturated heterocycles. The molecule has 0 radical (unpaired) electrons. The maximum atomic E-state index is 9.41. The fourth-order valence-corrected chi connectivity index (χ4v) is 1.35. The zero-order chi connectivity index (χ0) is 9.40. The number of aliphatic hydroxyl groups is 1. The smallest absolute Gasteiger partial charge is 0.0687 e. The second-order valence-electron chi connectivity index (χ2n) is 3.21. The third kappa shape index (κ3) is 6.95. The molecule has 0 fully saturated rings. The summed E-state index contributed by atoms with van der Waals surface area (Å²) in [7, 11) is 0. The van der Waals surface area contributed by atoms with Gasteiger partial charge in [-0.05, 0) is 11.7 Å². The van der Waals surface area contributed by atoms with Gasteiger partial charge in [-0.1, -0.05) is 20.8 Å². The Morgan fingerprint density at radius 1 is 1.42 bits per heavy atom. The van der Waals surface area contributed by atoms with E-state index in [2.05, 4.69) is 12.2 Å². The van der Waals surface area contributed by atoms with Crippen molar-refractivity contribution in [2.24, 2.45) is 5.92 Å². The van der Waals surface area contributed by atoms with E-state index in [0.717, 1.165) is 18.8 Å². The van der Waals surface area contributed by atoms with Gasteiger partial charge < -0.3 is 10.4 Å². The highest BCUT2D eigenvalue weighted by molar-refractivity contribution is 7.99. The van der Waals surface area contributed by atoms with Crippen LogP contribution in [0.5, 0.6) is 0 Å². The van der Waals surface area contributed by atoms with Crippen molar-refractivity contribution in [2.45, 2.75) is 26.9 Å². The van der Waals surface area contributed by atoms with E-state index in [1.165, 1.54) is 5.75 Å². The lowest BCUT2D eigenvalue weighted by Gasteiger charge is -2.14. The van der Waals surface area contributed by atoms with Gasteiger partial charge in [-0.25, -0.2) is 0 Å². The first kappa shape index (κ1) is 12.3. The average molecular weight is 191 g/mol. The summed E-state index contributed by atoms with van der Waals surface area (Å²) in [6.45, 7) is 7.96. The standard InChI is InChI=1S/C9H21NOS/c1-4-12-6-5-10-7-9(11)8(2)3/h8-11H,4-7H2,1-3H3. The molecule has 12 heavy (non-hydrogen) atoms. The lowest BCUT2D eigenvalue weighted by atomic mass is 10.1. The van der Waals surface area contributed by atoms with Gasteiger partial charge >= 0.3 is 0 Å². The largest absolute Gasteiger partial charge is 0.392 e. The highest BCUT2D eigenvalue weighted by atomic mass is 32.2. The Morgan fingerprint density at radius 2 is 2.08 bits per heavy atom. The number of nitrogens with one attached hydrogen (secondary N) is 1. The van der Waals surface area contributed by atoms with Crippen LogP contribution in [0.15, 0.2) is 0 Å². The molecule has 2 nitrogen and oxygen atoms in total. The number of rotatable bonds is 7. The van der Waals surface area contributed by atoms with Crippen molar-refractivity contribution in [1.82, 2.24) is 5.32 Å². The van der Waals surface area contributed by atoms with E-state index in [4.69, 9.17) is 0 Å². The Hall–Kier alpha value is 0.270. The topological polar surface area (TPSA) is 32.3 Å². The van der Waals surface area contributed by atoms with E-state index in [0.29, 0.717) is 5.92 Å². The van der Waals surface area contributed by atoms with Crippen LogP contribution >= 0.6 is 11.8 Å². The molecule has 0 aliphatic heterocycles. The molecular weight excluding hydrogens is 170 g/mol. The third-order valence-corrected chi connectivity index (χ3v) is 2.65. The van der Waals surface area contributed by atoms with Gasteiger partial charge in [0.1, 0.15) is 0 Å². The van der Waals surface area contributed by atoms with Crippen molar-refractivity contribution in [3.05, 3.63) is 0 Å². The molecule has 74 valence electrons. The minimum atomic E-state index is -0.198. The van der Waals surface area contributed by atoms with Crippen LogP contribution in [0.3, 0.4) is 0 Å². The number of hydrogen-bond acceptors (Lipinski definition) is 3. The zero-order valence-electron chi connectivity index (χ0n) is 8.34. The van der Waals surface area contributed by atoms with Gasteiger partial charge in [0.05, 0.1) is 6.10 Å². The predicted molar refractivity (Wildman–Crippen MR) is 56.7 cm³/mol. The third-order valence-electron chi connectivity index (χ3n) is 1.75. The molecule has 0 amide bonds. The van der Waals surface area contributed by atoms with Crippen LogP contribution in [0.25, 0.3) is 0 Å². The summed E-state index contributed by atoms with van der Waals surface area (Å²) >= 11 is 1.92. The van der Waals surface area contributed by atoms with Crippen LogP contribution in [0, 0.1) is 5.92 Å². The Labute approximate surface area is 80.1 Å². The molecule has 0 rings (SSSR count). The maximum Gasteiger partial charge on any atom is 0.0687 e. The quantitative estimate of drug-likeness (QED) is 0.596. The molecule has 0 aromatic heterocycles.